The first-order valence-electron chi connectivity index (χ1n) is 7.38. The van der Waals surface area contributed by atoms with Gasteiger partial charge in [0.2, 0.25) is 0 Å². The van der Waals surface area contributed by atoms with Crippen LogP contribution in [0.15, 0.2) is 16.5 Å². The minimum Gasteiger partial charge on any atom is -0.464 e. The fourth-order valence-corrected chi connectivity index (χ4v) is 3.14. The molecule has 0 saturated heterocycles. The molecule has 0 aromatic carbocycles. The lowest BCUT2D eigenvalue weighted by Gasteiger charge is -2.15. The summed E-state index contributed by atoms with van der Waals surface area (Å²) < 4.78 is 5.92. The third-order valence-electron chi connectivity index (χ3n) is 3.47. The maximum Gasteiger partial charge on any atom is 0.121 e. The van der Waals surface area contributed by atoms with Crippen LogP contribution in [0.5, 0.6) is 0 Å². The maximum atomic E-state index is 5.92. The highest BCUT2D eigenvalue weighted by Crippen LogP contribution is 2.25. The van der Waals surface area contributed by atoms with Crippen molar-refractivity contribution in [2.24, 2.45) is 0 Å². The molecule has 1 unspecified atom stereocenters. The molecule has 110 valence electrons. The van der Waals surface area contributed by atoms with Crippen LogP contribution in [0, 0.1) is 13.8 Å². The third kappa shape index (κ3) is 3.70. The van der Waals surface area contributed by atoms with Crippen LogP contribution in [0.2, 0.25) is 0 Å². The summed E-state index contributed by atoms with van der Waals surface area (Å²) >= 11 is 1.79. The Morgan fingerprint density at radius 2 is 2.10 bits per heavy atom. The van der Waals surface area contributed by atoms with Gasteiger partial charge in [-0.2, -0.15) is 0 Å². The standard InChI is InChI=1S/C16H24N2OS/c1-5-9-17-14(15-8-7-13(6-2)19-15)10-16-18-11(3)12(4)20-16/h7-8,14,17H,5-6,9-10H2,1-4H3. The Balaban J connectivity index is 2.14. The van der Waals surface area contributed by atoms with Crippen LogP contribution in [0.25, 0.3) is 0 Å². The van der Waals surface area contributed by atoms with E-state index in [1.807, 2.05) is 0 Å². The SMILES string of the molecule is CCCNC(Cc1nc(C)c(C)s1)c1ccc(CC)o1. The number of thiazole rings is 1. The summed E-state index contributed by atoms with van der Waals surface area (Å²) in [7, 11) is 0. The summed E-state index contributed by atoms with van der Waals surface area (Å²) in [5.41, 5.74) is 1.15. The first kappa shape index (κ1) is 15.3. The van der Waals surface area contributed by atoms with E-state index in [0.717, 1.165) is 43.0 Å². The van der Waals surface area contributed by atoms with Gasteiger partial charge in [0.15, 0.2) is 0 Å². The van der Waals surface area contributed by atoms with Crippen molar-refractivity contribution in [2.75, 3.05) is 6.54 Å². The summed E-state index contributed by atoms with van der Waals surface area (Å²) in [4.78, 5) is 5.96. The first-order chi connectivity index (χ1) is 9.63. The number of hydrogen-bond donors (Lipinski definition) is 1. The van der Waals surface area contributed by atoms with E-state index in [-0.39, 0.29) is 6.04 Å². The molecule has 0 radical (unpaired) electrons. The molecule has 2 heterocycles. The van der Waals surface area contributed by atoms with E-state index in [0.29, 0.717) is 0 Å². The lowest BCUT2D eigenvalue weighted by Crippen LogP contribution is -2.23. The molecule has 4 heteroatoms. The lowest BCUT2D eigenvalue weighted by molar-refractivity contribution is 0.392. The molecule has 0 aliphatic heterocycles. The van der Waals surface area contributed by atoms with Gasteiger partial charge in [0.05, 0.1) is 16.7 Å². The monoisotopic (exact) mass is 292 g/mol. The van der Waals surface area contributed by atoms with Crippen molar-refractivity contribution in [3.8, 4) is 0 Å². The van der Waals surface area contributed by atoms with Gasteiger partial charge >= 0.3 is 0 Å². The Bertz CT molecular complexity index is 525. The smallest absolute Gasteiger partial charge is 0.121 e. The third-order valence-corrected chi connectivity index (χ3v) is 4.56. The average Bonchev–Trinajstić information content (AvgIpc) is 3.02. The molecule has 2 aromatic rings. The van der Waals surface area contributed by atoms with Crippen molar-refractivity contribution in [1.29, 1.82) is 0 Å². The summed E-state index contributed by atoms with van der Waals surface area (Å²) in [6, 6.07) is 4.40. The van der Waals surface area contributed by atoms with Crippen LogP contribution >= 0.6 is 11.3 Å². The summed E-state index contributed by atoms with van der Waals surface area (Å²) in [6.07, 6.45) is 2.96. The highest BCUT2D eigenvalue weighted by Gasteiger charge is 2.17. The molecule has 20 heavy (non-hydrogen) atoms. The molecule has 1 atom stereocenters. The molecule has 0 saturated carbocycles. The van der Waals surface area contributed by atoms with E-state index in [1.54, 1.807) is 11.3 Å². The van der Waals surface area contributed by atoms with Crippen LogP contribution in [0.3, 0.4) is 0 Å². The Hall–Kier alpha value is -1.13. The molecule has 0 fully saturated rings. The number of hydrogen-bond acceptors (Lipinski definition) is 4. The fraction of sp³-hybridized carbons (Fsp3) is 0.562. The van der Waals surface area contributed by atoms with Gasteiger partial charge in [0.1, 0.15) is 11.5 Å². The van der Waals surface area contributed by atoms with Gasteiger partial charge in [-0.1, -0.05) is 13.8 Å². The quantitative estimate of drug-likeness (QED) is 0.831. The van der Waals surface area contributed by atoms with Gasteiger partial charge in [-0.3, -0.25) is 0 Å². The Kier molecular flexibility index (Phi) is 5.38. The summed E-state index contributed by atoms with van der Waals surface area (Å²) in [5, 5.41) is 4.76. The van der Waals surface area contributed by atoms with Crippen LogP contribution in [-0.2, 0) is 12.8 Å². The summed E-state index contributed by atoms with van der Waals surface area (Å²) in [5.74, 6) is 2.08. The van der Waals surface area contributed by atoms with Gasteiger partial charge in [-0.25, -0.2) is 4.98 Å². The number of furan rings is 1. The largest absolute Gasteiger partial charge is 0.464 e. The van der Waals surface area contributed by atoms with Gasteiger partial charge in [0.25, 0.3) is 0 Å². The molecule has 2 aromatic heterocycles. The van der Waals surface area contributed by atoms with Crippen molar-refractivity contribution < 1.29 is 4.42 Å². The normalized spacial score (nSPS) is 12.8. The van der Waals surface area contributed by atoms with Crippen LogP contribution < -0.4 is 5.32 Å². The van der Waals surface area contributed by atoms with E-state index in [2.05, 4.69) is 50.1 Å². The Morgan fingerprint density at radius 3 is 2.65 bits per heavy atom. The minimum absolute atomic E-state index is 0.222. The maximum absolute atomic E-state index is 5.92. The second kappa shape index (κ2) is 7.04. The highest BCUT2D eigenvalue weighted by atomic mass is 32.1. The molecule has 1 N–H and O–H groups in total. The van der Waals surface area contributed by atoms with E-state index in [9.17, 15) is 0 Å². The molecule has 0 aliphatic rings. The molecule has 0 amide bonds. The zero-order valence-electron chi connectivity index (χ0n) is 12.8. The van der Waals surface area contributed by atoms with Crippen molar-refractivity contribution >= 4 is 11.3 Å². The van der Waals surface area contributed by atoms with Gasteiger partial charge < -0.3 is 9.73 Å². The van der Waals surface area contributed by atoms with E-state index in [4.69, 9.17) is 4.42 Å². The minimum atomic E-state index is 0.222. The number of aryl methyl sites for hydroxylation is 3. The van der Waals surface area contributed by atoms with Crippen LogP contribution in [0.4, 0.5) is 0 Å². The molecule has 2 rings (SSSR count). The van der Waals surface area contributed by atoms with Crippen molar-refractivity contribution in [3.63, 3.8) is 0 Å². The second-order valence-corrected chi connectivity index (χ2v) is 6.41. The number of aromatic nitrogens is 1. The molecular weight excluding hydrogens is 268 g/mol. The van der Waals surface area contributed by atoms with E-state index < -0.39 is 0 Å². The van der Waals surface area contributed by atoms with Crippen molar-refractivity contribution in [2.45, 2.75) is 53.0 Å². The topological polar surface area (TPSA) is 38.1 Å². The summed E-state index contributed by atoms with van der Waals surface area (Å²) in [6.45, 7) is 9.50. The second-order valence-electron chi connectivity index (χ2n) is 5.12. The molecule has 3 nitrogen and oxygen atoms in total. The van der Waals surface area contributed by atoms with Gasteiger partial charge in [-0.15, -0.1) is 11.3 Å². The Morgan fingerprint density at radius 1 is 1.30 bits per heavy atom. The average molecular weight is 292 g/mol. The fourth-order valence-electron chi connectivity index (χ4n) is 2.16. The highest BCUT2D eigenvalue weighted by molar-refractivity contribution is 7.11. The van der Waals surface area contributed by atoms with E-state index in [1.165, 1.54) is 9.88 Å². The molecule has 0 aliphatic carbocycles. The zero-order chi connectivity index (χ0) is 14.5. The number of nitrogens with zero attached hydrogens (tertiary/aromatic N) is 1. The predicted octanol–water partition coefficient (Wildman–Crippen LogP) is 4.20. The van der Waals surface area contributed by atoms with Crippen LogP contribution in [0.1, 0.15) is 53.4 Å². The molecule has 0 spiro atoms. The van der Waals surface area contributed by atoms with Crippen LogP contribution in [-0.4, -0.2) is 11.5 Å². The number of nitrogens with one attached hydrogen (secondary N) is 1. The molecular formula is C16H24N2OS. The van der Waals surface area contributed by atoms with Crippen molar-refractivity contribution in [1.82, 2.24) is 10.3 Å². The van der Waals surface area contributed by atoms with Gasteiger partial charge in [0, 0.05) is 17.7 Å². The zero-order valence-corrected chi connectivity index (χ0v) is 13.6. The molecule has 0 bridgehead atoms. The van der Waals surface area contributed by atoms with Gasteiger partial charge in [-0.05, 0) is 38.9 Å². The first-order valence-corrected chi connectivity index (χ1v) is 8.20. The Labute approximate surface area is 125 Å². The lowest BCUT2D eigenvalue weighted by atomic mass is 10.1. The van der Waals surface area contributed by atoms with Crippen molar-refractivity contribution in [3.05, 3.63) is 39.2 Å². The van der Waals surface area contributed by atoms with E-state index >= 15 is 0 Å². The predicted molar refractivity (Wildman–Crippen MR) is 84.4 cm³/mol. The number of rotatable bonds is 7.